The molecule has 2 aromatic carbocycles. The smallest absolute Gasteiger partial charge is 0.310 e. The molecule has 0 saturated heterocycles. The molecular formula is C16H14Cl2N2O4. The van der Waals surface area contributed by atoms with Crippen molar-refractivity contribution in [2.75, 3.05) is 13.2 Å². The fourth-order valence-corrected chi connectivity index (χ4v) is 2.60. The van der Waals surface area contributed by atoms with Gasteiger partial charge in [-0.3, -0.25) is 14.9 Å². The van der Waals surface area contributed by atoms with Crippen LogP contribution in [0.3, 0.4) is 0 Å². The second kappa shape index (κ2) is 8.52. The van der Waals surface area contributed by atoms with Gasteiger partial charge >= 0.3 is 5.69 Å². The van der Waals surface area contributed by atoms with Crippen LogP contribution in [0, 0.1) is 10.1 Å². The SMILES string of the molecule is O=C(COc1ccccc1[N+](=O)[O-])NCCc1cc(Cl)cc(Cl)c1. The van der Waals surface area contributed by atoms with Crippen LogP contribution in [-0.2, 0) is 11.2 Å². The lowest BCUT2D eigenvalue weighted by atomic mass is 10.1. The van der Waals surface area contributed by atoms with Crippen molar-refractivity contribution < 1.29 is 14.5 Å². The van der Waals surface area contributed by atoms with Crippen molar-refractivity contribution in [1.82, 2.24) is 5.32 Å². The first kappa shape index (κ1) is 18.0. The molecule has 0 radical (unpaired) electrons. The molecule has 0 spiro atoms. The lowest BCUT2D eigenvalue weighted by Gasteiger charge is -2.08. The minimum Gasteiger partial charge on any atom is -0.477 e. The highest BCUT2D eigenvalue weighted by Gasteiger charge is 2.14. The van der Waals surface area contributed by atoms with Gasteiger partial charge in [0.15, 0.2) is 12.4 Å². The third-order valence-corrected chi connectivity index (χ3v) is 3.52. The van der Waals surface area contributed by atoms with Crippen LogP contribution in [0.5, 0.6) is 5.75 Å². The van der Waals surface area contributed by atoms with Crippen LogP contribution >= 0.6 is 23.2 Å². The topological polar surface area (TPSA) is 81.5 Å². The van der Waals surface area contributed by atoms with E-state index in [4.69, 9.17) is 27.9 Å². The Kier molecular flexibility index (Phi) is 6.40. The van der Waals surface area contributed by atoms with Gasteiger partial charge in [-0.1, -0.05) is 35.3 Å². The molecule has 1 N–H and O–H groups in total. The summed E-state index contributed by atoms with van der Waals surface area (Å²) < 4.78 is 5.21. The van der Waals surface area contributed by atoms with E-state index in [-0.39, 0.29) is 24.0 Å². The summed E-state index contributed by atoms with van der Waals surface area (Å²) >= 11 is 11.8. The lowest BCUT2D eigenvalue weighted by molar-refractivity contribution is -0.385. The summed E-state index contributed by atoms with van der Waals surface area (Å²) in [6.07, 6.45) is 0.553. The number of hydrogen-bond donors (Lipinski definition) is 1. The van der Waals surface area contributed by atoms with E-state index < -0.39 is 4.92 Å². The van der Waals surface area contributed by atoms with Gasteiger partial charge in [0.25, 0.3) is 5.91 Å². The molecule has 6 nitrogen and oxygen atoms in total. The maximum absolute atomic E-state index is 11.8. The maximum atomic E-state index is 11.8. The lowest BCUT2D eigenvalue weighted by Crippen LogP contribution is -2.30. The fraction of sp³-hybridized carbons (Fsp3) is 0.188. The van der Waals surface area contributed by atoms with Crippen LogP contribution in [0.2, 0.25) is 10.0 Å². The molecule has 24 heavy (non-hydrogen) atoms. The molecule has 8 heteroatoms. The van der Waals surface area contributed by atoms with Gasteiger partial charge in [0.2, 0.25) is 0 Å². The van der Waals surface area contributed by atoms with E-state index in [1.807, 2.05) is 0 Å². The quantitative estimate of drug-likeness (QED) is 0.597. The summed E-state index contributed by atoms with van der Waals surface area (Å²) in [7, 11) is 0. The highest BCUT2D eigenvalue weighted by molar-refractivity contribution is 6.34. The highest BCUT2D eigenvalue weighted by atomic mass is 35.5. The van der Waals surface area contributed by atoms with Crippen molar-refractivity contribution >= 4 is 34.8 Å². The molecule has 0 atom stereocenters. The van der Waals surface area contributed by atoms with Crippen molar-refractivity contribution in [2.24, 2.45) is 0 Å². The second-order valence-electron chi connectivity index (χ2n) is 4.89. The van der Waals surface area contributed by atoms with E-state index in [9.17, 15) is 14.9 Å². The van der Waals surface area contributed by atoms with Gasteiger partial charge in [0.1, 0.15) is 0 Å². The summed E-state index contributed by atoms with van der Waals surface area (Å²) in [5.74, 6) is -0.319. The van der Waals surface area contributed by atoms with E-state index in [0.29, 0.717) is 23.0 Å². The largest absolute Gasteiger partial charge is 0.477 e. The van der Waals surface area contributed by atoms with Gasteiger partial charge in [-0.15, -0.1) is 0 Å². The van der Waals surface area contributed by atoms with Crippen molar-refractivity contribution in [1.29, 1.82) is 0 Å². The van der Waals surface area contributed by atoms with Crippen molar-refractivity contribution in [3.63, 3.8) is 0 Å². The third-order valence-electron chi connectivity index (χ3n) is 3.08. The summed E-state index contributed by atoms with van der Waals surface area (Å²) in [6.45, 7) is 0.0664. The van der Waals surface area contributed by atoms with Gasteiger partial charge < -0.3 is 10.1 Å². The molecule has 0 aliphatic carbocycles. The molecule has 0 unspecified atom stereocenters. The van der Waals surface area contributed by atoms with Crippen molar-refractivity contribution in [3.05, 3.63) is 68.2 Å². The van der Waals surface area contributed by atoms with Crippen LogP contribution in [0.1, 0.15) is 5.56 Å². The van der Waals surface area contributed by atoms with Gasteiger partial charge in [0.05, 0.1) is 4.92 Å². The molecule has 0 aliphatic rings. The zero-order chi connectivity index (χ0) is 17.5. The molecule has 0 fully saturated rings. The number of hydrogen-bond acceptors (Lipinski definition) is 4. The highest BCUT2D eigenvalue weighted by Crippen LogP contribution is 2.25. The molecular weight excluding hydrogens is 355 g/mol. The molecule has 2 rings (SSSR count). The van der Waals surface area contributed by atoms with Gasteiger partial charge in [-0.25, -0.2) is 0 Å². The zero-order valence-corrected chi connectivity index (χ0v) is 14.0. The summed E-state index contributed by atoms with van der Waals surface area (Å²) in [5, 5.41) is 14.6. The number of nitro groups is 1. The summed E-state index contributed by atoms with van der Waals surface area (Å²) in [5.41, 5.74) is 0.714. The normalized spacial score (nSPS) is 10.2. The Bertz CT molecular complexity index is 732. The molecule has 2 aromatic rings. The van der Waals surface area contributed by atoms with Crippen LogP contribution in [0.4, 0.5) is 5.69 Å². The molecule has 0 saturated carbocycles. The molecule has 0 heterocycles. The number of amides is 1. The Hall–Kier alpha value is -2.31. The number of carbonyl (C=O) groups excluding carboxylic acids is 1. The molecule has 126 valence electrons. The Morgan fingerprint density at radius 3 is 2.50 bits per heavy atom. The van der Waals surface area contributed by atoms with Crippen LogP contribution in [0.25, 0.3) is 0 Å². The predicted octanol–water partition coefficient (Wildman–Crippen LogP) is 3.64. The van der Waals surface area contributed by atoms with E-state index in [1.54, 1.807) is 24.3 Å². The van der Waals surface area contributed by atoms with E-state index >= 15 is 0 Å². The number of nitrogens with one attached hydrogen (secondary N) is 1. The average molecular weight is 369 g/mol. The number of benzene rings is 2. The number of nitrogens with zero attached hydrogens (tertiary/aromatic N) is 1. The van der Waals surface area contributed by atoms with Crippen molar-refractivity contribution in [2.45, 2.75) is 6.42 Å². The number of carbonyl (C=O) groups is 1. The van der Waals surface area contributed by atoms with Crippen LogP contribution in [-0.4, -0.2) is 24.0 Å². The van der Waals surface area contributed by atoms with E-state index in [0.717, 1.165) is 5.56 Å². The number of ether oxygens (including phenoxy) is 1. The zero-order valence-electron chi connectivity index (χ0n) is 12.5. The predicted molar refractivity (Wildman–Crippen MR) is 91.8 cm³/mol. The Labute approximate surface area is 148 Å². The number of nitro benzene ring substituents is 1. The van der Waals surface area contributed by atoms with Crippen LogP contribution < -0.4 is 10.1 Å². The molecule has 1 amide bonds. The van der Waals surface area contributed by atoms with Gasteiger partial charge in [0, 0.05) is 22.7 Å². The minimum absolute atomic E-state index is 0.0549. The number of rotatable bonds is 7. The first-order chi connectivity index (χ1) is 11.5. The van der Waals surface area contributed by atoms with Crippen LogP contribution in [0.15, 0.2) is 42.5 Å². The Balaban J connectivity index is 1.81. The van der Waals surface area contributed by atoms with Crippen molar-refractivity contribution in [3.8, 4) is 5.75 Å². The first-order valence-corrected chi connectivity index (χ1v) is 7.79. The van der Waals surface area contributed by atoms with E-state index in [1.165, 1.54) is 18.2 Å². The molecule has 0 aromatic heterocycles. The second-order valence-corrected chi connectivity index (χ2v) is 5.76. The Morgan fingerprint density at radius 1 is 1.17 bits per heavy atom. The average Bonchev–Trinajstić information content (AvgIpc) is 2.52. The third kappa shape index (κ3) is 5.40. The van der Waals surface area contributed by atoms with E-state index in [2.05, 4.69) is 5.32 Å². The molecule has 0 aliphatic heterocycles. The summed E-state index contributed by atoms with van der Waals surface area (Å²) in [6, 6.07) is 11.1. The minimum atomic E-state index is -0.559. The maximum Gasteiger partial charge on any atom is 0.310 e. The van der Waals surface area contributed by atoms with Gasteiger partial charge in [-0.05, 0) is 36.2 Å². The fourth-order valence-electron chi connectivity index (χ4n) is 2.03. The number of para-hydroxylation sites is 2. The standard InChI is InChI=1S/C16H14Cl2N2O4/c17-12-7-11(8-13(18)9-12)5-6-19-16(21)10-24-15-4-2-1-3-14(15)20(22)23/h1-4,7-9H,5-6,10H2,(H,19,21). The van der Waals surface area contributed by atoms with Gasteiger partial charge in [-0.2, -0.15) is 0 Å². The first-order valence-electron chi connectivity index (χ1n) is 7.03. The monoisotopic (exact) mass is 368 g/mol. The molecule has 0 bridgehead atoms. The number of halogens is 2. The Morgan fingerprint density at radius 2 is 1.83 bits per heavy atom. The summed E-state index contributed by atoms with van der Waals surface area (Å²) in [4.78, 5) is 22.1.